The van der Waals surface area contributed by atoms with Gasteiger partial charge in [-0.05, 0) is 30.4 Å². The van der Waals surface area contributed by atoms with E-state index in [0.717, 1.165) is 12.1 Å². The number of amides is 1. The molecule has 6 heteroatoms. The van der Waals surface area contributed by atoms with Crippen molar-refractivity contribution in [1.82, 2.24) is 5.32 Å². The van der Waals surface area contributed by atoms with E-state index >= 15 is 0 Å². The van der Waals surface area contributed by atoms with Crippen LogP contribution >= 0.6 is 0 Å². The number of rotatable bonds is 7. The lowest BCUT2D eigenvalue weighted by atomic mass is 9.84. The van der Waals surface area contributed by atoms with Crippen LogP contribution in [-0.2, 0) is 9.59 Å². The molecular formula is C17H23F2NO3. The number of carboxylic acids is 1. The average Bonchev–Trinajstić information content (AvgIpc) is 2.36. The van der Waals surface area contributed by atoms with Crippen molar-refractivity contribution in [2.45, 2.75) is 52.0 Å². The summed E-state index contributed by atoms with van der Waals surface area (Å²) in [5, 5.41) is 11.7. The van der Waals surface area contributed by atoms with Gasteiger partial charge in [-0.1, -0.05) is 26.8 Å². The fourth-order valence-electron chi connectivity index (χ4n) is 2.37. The second kappa shape index (κ2) is 7.53. The van der Waals surface area contributed by atoms with E-state index in [1.54, 1.807) is 13.8 Å². The van der Waals surface area contributed by atoms with Gasteiger partial charge in [0.25, 0.3) is 0 Å². The molecule has 2 atom stereocenters. The third-order valence-electron chi connectivity index (χ3n) is 4.20. The first-order chi connectivity index (χ1) is 10.5. The lowest BCUT2D eigenvalue weighted by Gasteiger charge is -2.34. The van der Waals surface area contributed by atoms with E-state index in [-0.39, 0.29) is 30.2 Å². The topological polar surface area (TPSA) is 66.4 Å². The Morgan fingerprint density at radius 1 is 1.26 bits per heavy atom. The first-order valence-corrected chi connectivity index (χ1v) is 7.53. The van der Waals surface area contributed by atoms with Gasteiger partial charge in [-0.25, -0.2) is 8.78 Å². The van der Waals surface area contributed by atoms with E-state index in [0.29, 0.717) is 0 Å². The molecule has 0 radical (unpaired) electrons. The van der Waals surface area contributed by atoms with Gasteiger partial charge < -0.3 is 10.4 Å². The van der Waals surface area contributed by atoms with Crippen molar-refractivity contribution < 1.29 is 23.5 Å². The molecule has 23 heavy (non-hydrogen) atoms. The van der Waals surface area contributed by atoms with Crippen molar-refractivity contribution in [2.75, 3.05) is 0 Å². The average molecular weight is 327 g/mol. The zero-order valence-electron chi connectivity index (χ0n) is 13.8. The standard InChI is InChI=1S/C17H23F2NO3/c1-10(2)17(4,9-16(22)23)20-15(21)7-11(3)13-6-5-12(18)8-14(13)19/h5-6,8,10-11H,7,9H2,1-4H3,(H,20,21)(H,22,23). The van der Waals surface area contributed by atoms with Crippen LogP contribution in [0, 0.1) is 17.6 Å². The second-order valence-corrected chi connectivity index (χ2v) is 6.46. The fourth-order valence-corrected chi connectivity index (χ4v) is 2.37. The summed E-state index contributed by atoms with van der Waals surface area (Å²) >= 11 is 0. The molecule has 0 saturated heterocycles. The monoisotopic (exact) mass is 327 g/mol. The number of halogens is 2. The van der Waals surface area contributed by atoms with Gasteiger partial charge in [0.1, 0.15) is 11.6 Å². The van der Waals surface area contributed by atoms with Crippen LogP contribution in [-0.4, -0.2) is 22.5 Å². The lowest BCUT2D eigenvalue weighted by molar-refractivity contribution is -0.139. The Morgan fingerprint density at radius 3 is 2.35 bits per heavy atom. The highest BCUT2D eigenvalue weighted by molar-refractivity contribution is 5.79. The van der Waals surface area contributed by atoms with Gasteiger partial charge >= 0.3 is 5.97 Å². The predicted molar refractivity (Wildman–Crippen MR) is 83.0 cm³/mol. The minimum Gasteiger partial charge on any atom is -0.481 e. The molecule has 2 N–H and O–H groups in total. The Morgan fingerprint density at radius 2 is 1.87 bits per heavy atom. The van der Waals surface area contributed by atoms with Crippen LogP contribution in [0.25, 0.3) is 0 Å². The summed E-state index contributed by atoms with van der Waals surface area (Å²) in [5.41, 5.74) is -0.629. The Labute approximate surface area is 134 Å². The van der Waals surface area contributed by atoms with Gasteiger partial charge in [-0.2, -0.15) is 0 Å². The first kappa shape index (κ1) is 19.1. The van der Waals surface area contributed by atoms with Crippen LogP contribution < -0.4 is 5.32 Å². The molecule has 0 aliphatic carbocycles. The van der Waals surface area contributed by atoms with Crippen LogP contribution in [0.4, 0.5) is 8.78 Å². The molecule has 0 fully saturated rings. The number of nitrogens with one attached hydrogen (secondary N) is 1. The highest BCUT2D eigenvalue weighted by Gasteiger charge is 2.33. The Bertz CT molecular complexity index is 589. The van der Waals surface area contributed by atoms with E-state index in [9.17, 15) is 18.4 Å². The second-order valence-electron chi connectivity index (χ2n) is 6.46. The van der Waals surface area contributed by atoms with E-state index in [2.05, 4.69) is 5.32 Å². The summed E-state index contributed by atoms with van der Waals surface area (Å²) in [4.78, 5) is 23.2. The maximum absolute atomic E-state index is 13.7. The van der Waals surface area contributed by atoms with Crippen LogP contribution in [0.2, 0.25) is 0 Å². The fraction of sp³-hybridized carbons (Fsp3) is 0.529. The molecule has 0 aliphatic rings. The summed E-state index contributed by atoms with van der Waals surface area (Å²) < 4.78 is 26.7. The molecule has 128 valence electrons. The maximum atomic E-state index is 13.7. The lowest BCUT2D eigenvalue weighted by Crippen LogP contribution is -2.51. The smallest absolute Gasteiger partial charge is 0.305 e. The number of hydrogen-bond acceptors (Lipinski definition) is 2. The van der Waals surface area contributed by atoms with E-state index in [1.165, 1.54) is 6.07 Å². The third-order valence-corrected chi connectivity index (χ3v) is 4.20. The van der Waals surface area contributed by atoms with Crippen molar-refractivity contribution in [2.24, 2.45) is 5.92 Å². The number of benzene rings is 1. The van der Waals surface area contributed by atoms with Crippen molar-refractivity contribution in [1.29, 1.82) is 0 Å². The molecule has 1 rings (SSSR count). The molecule has 0 saturated carbocycles. The number of hydrogen-bond donors (Lipinski definition) is 2. The first-order valence-electron chi connectivity index (χ1n) is 7.53. The summed E-state index contributed by atoms with van der Waals surface area (Å²) in [7, 11) is 0. The SMILES string of the molecule is CC(CC(=O)NC(C)(CC(=O)O)C(C)C)c1ccc(F)cc1F. The molecule has 1 aromatic carbocycles. The normalized spacial score (nSPS) is 15.1. The van der Waals surface area contributed by atoms with Gasteiger partial charge in [0.15, 0.2) is 0 Å². The highest BCUT2D eigenvalue weighted by Crippen LogP contribution is 2.25. The van der Waals surface area contributed by atoms with E-state index in [1.807, 2.05) is 13.8 Å². The molecule has 0 heterocycles. The number of carbonyl (C=O) groups is 2. The van der Waals surface area contributed by atoms with Crippen molar-refractivity contribution in [3.8, 4) is 0 Å². The molecule has 1 amide bonds. The zero-order valence-corrected chi connectivity index (χ0v) is 13.8. The molecule has 1 aromatic rings. The molecular weight excluding hydrogens is 304 g/mol. The number of carbonyl (C=O) groups excluding carboxylic acids is 1. The molecule has 4 nitrogen and oxygen atoms in total. The van der Waals surface area contributed by atoms with Gasteiger partial charge in [0.2, 0.25) is 5.91 Å². The summed E-state index contributed by atoms with van der Waals surface area (Å²) in [6, 6.07) is 3.25. The minimum absolute atomic E-state index is 0.00944. The van der Waals surface area contributed by atoms with Crippen LogP contribution in [0.15, 0.2) is 18.2 Å². The van der Waals surface area contributed by atoms with Crippen molar-refractivity contribution in [3.63, 3.8) is 0 Å². The Balaban J connectivity index is 2.79. The maximum Gasteiger partial charge on any atom is 0.305 e. The summed E-state index contributed by atoms with van der Waals surface area (Å²) in [6.45, 7) is 6.99. The molecule has 0 bridgehead atoms. The molecule has 0 spiro atoms. The largest absolute Gasteiger partial charge is 0.481 e. The predicted octanol–water partition coefficient (Wildman–Crippen LogP) is 3.46. The molecule has 2 unspecified atom stereocenters. The van der Waals surface area contributed by atoms with E-state index in [4.69, 9.17) is 5.11 Å². The van der Waals surface area contributed by atoms with Crippen LogP contribution in [0.3, 0.4) is 0 Å². The van der Waals surface area contributed by atoms with Crippen molar-refractivity contribution >= 4 is 11.9 Å². The minimum atomic E-state index is -1.00. The van der Waals surface area contributed by atoms with Crippen LogP contribution in [0.5, 0.6) is 0 Å². The van der Waals surface area contributed by atoms with Gasteiger partial charge in [0.05, 0.1) is 6.42 Å². The molecule has 0 aromatic heterocycles. The van der Waals surface area contributed by atoms with E-state index < -0.39 is 29.1 Å². The van der Waals surface area contributed by atoms with Crippen molar-refractivity contribution in [3.05, 3.63) is 35.4 Å². The quantitative estimate of drug-likeness (QED) is 0.806. The number of carboxylic acid groups (broad SMARTS) is 1. The zero-order chi connectivity index (χ0) is 17.8. The highest BCUT2D eigenvalue weighted by atomic mass is 19.1. The Kier molecular flexibility index (Phi) is 6.24. The molecule has 0 aliphatic heterocycles. The van der Waals surface area contributed by atoms with Gasteiger partial charge in [-0.3, -0.25) is 9.59 Å². The summed E-state index contributed by atoms with van der Waals surface area (Å²) in [6.07, 6.45) is -0.208. The number of aliphatic carboxylic acids is 1. The summed E-state index contributed by atoms with van der Waals surface area (Å²) in [5.74, 6) is -3.26. The van der Waals surface area contributed by atoms with Crippen LogP contribution in [0.1, 0.15) is 52.0 Å². The Hall–Kier alpha value is -1.98. The van der Waals surface area contributed by atoms with Gasteiger partial charge in [-0.15, -0.1) is 0 Å². The third kappa shape index (κ3) is 5.30. The van der Waals surface area contributed by atoms with Gasteiger partial charge in [0, 0.05) is 18.0 Å².